The highest BCUT2D eigenvalue weighted by molar-refractivity contribution is 5.95. The molecule has 0 aromatic rings. The van der Waals surface area contributed by atoms with Crippen molar-refractivity contribution in [2.75, 3.05) is 33.0 Å². The molecule has 2 heterocycles. The van der Waals surface area contributed by atoms with Crippen molar-refractivity contribution < 1.29 is 28.5 Å². The summed E-state index contributed by atoms with van der Waals surface area (Å²) < 4.78 is 21.4. The topological polar surface area (TPSA) is 71.1 Å². The molecule has 120 valence electrons. The molecule has 2 fully saturated rings. The van der Waals surface area contributed by atoms with Crippen molar-refractivity contribution in [3.8, 4) is 0 Å². The van der Waals surface area contributed by atoms with Crippen molar-refractivity contribution in [3.63, 3.8) is 0 Å². The number of hydrogen-bond acceptors (Lipinski definition) is 6. The molecule has 0 N–H and O–H groups in total. The van der Waals surface area contributed by atoms with Crippen LogP contribution in [0.4, 0.5) is 0 Å². The van der Waals surface area contributed by atoms with Gasteiger partial charge in [-0.2, -0.15) is 0 Å². The molecule has 6 nitrogen and oxygen atoms in total. The lowest BCUT2D eigenvalue weighted by Crippen LogP contribution is -2.46. The van der Waals surface area contributed by atoms with E-state index in [9.17, 15) is 9.59 Å². The third-order valence-corrected chi connectivity index (χ3v) is 4.15. The second-order valence-corrected chi connectivity index (χ2v) is 5.57. The Morgan fingerprint density at radius 2 is 1.86 bits per heavy atom. The Balaban J connectivity index is 2.11. The summed E-state index contributed by atoms with van der Waals surface area (Å²) in [4.78, 5) is 24.3. The van der Waals surface area contributed by atoms with E-state index in [4.69, 9.17) is 18.9 Å². The standard InChI is InChI=1S/C15H24O6/c1-3-19-13(16)12(14(17)20-4-2)11-5-7-21-15(9-11)6-8-18-10-15/h11-12H,3-10H2,1-2H3. The van der Waals surface area contributed by atoms with Crippen molar-refractivity contribution in [2.24, 2.45) is 11.8 Å². The van der Waals surface area contributed by atoms with Crippen LogP contribution >= 0.6 is 0 Å². The van der Waals surface area contributed by atoms with Gasteiger partial charge in [0.2, 0.25) is 0 Å². The first-order chi connectivity index (χ1) is 10.1. The molecule has 1 spiro atoms. The highest BCUT2D eigenvalue weighted by atomic mass is 16.6. The highest BCUT2D eigenvalue weighted by Crippen LogP contribution is 2.39. The van der Waals surface area contributed by atoms with Crippen molar-refractivity contribution in [3.05, 3.63) is 0 Å². The maximum Gasteiger partial charge on any atom is 0.320 e. The molecule has 2 rings (SSSR count). The zero-order valence-electron chi connectivity index (χ0n) is 12.8. The lowest BCUT2D eigenvalue weighted by atomic mass is 9.78. The Kier molecular flexibility index (Phi) is 5.58. The van der Waals surface area contributed by atoms with E-state index < -0.39 is 17.9 Å². The Labute approximate surface area is 125 Å². The Hall–Kier alpha value is -1.14. The van der Waals surface area contributed by atoms with Crippen LogP contribution in [0.2, 0.25) is 0 Å². The molecule has 0 saturated carbocycles. The van der Waals surface area contributed by atoms with Gasteiger partial charge in [-0.1, -0.05) is 0 Å². The molecule has 2 aliphatic rings. The van der Waals surface area contributed by atoms with Gasteiger partial charge in [0.25, 0.3) is 0 Å². The predicted molar refractivity (Wildman–Crippen MR) is 73.6 cm³/mol. The minimum atomic E-state index is -0.855. The van der Waals surface area contributed by atoms with Gasteiger partial charge in [0.15, 0.2) is 5.92 Å². The van der Waals surface area contributed by atoms with Gasteiger partial charge in [-0.25, -0.2) is 0 Å². The van der Waals surface area contributed by atoms with E-state index in [0.717, 1.165) is 6.42 Å². The third kappa shape index (κ3) is 3.74. The molecule has 21 heavy (non-hydrogen) atoms. The molecular formula is C15H24O6. The summed E-state index contributed by atoms with van der Waals surface area (Å²) >= 11 is 0. The van der Waals surface area contributed by atoms with Crippen LogP contribution in [0, 0.1) is 11.8 Å². The number of carbonyl (C=O) groups is 2. The van der Waals surface area contributed by atoms with Crippen LogP contribution < -0.4 is 0 Å². The van der Waals surface area contributed by atoms with E-state index in [2.05, 4.69) is 0 Å². The maximum absolute atomic E-state index is 12.2. The van der Waals surface area contributed by atoms with E-state index in [-0.39, 0.29) is 24.7 Å². The van der Waals surface area contributed by atoms with Crippen molar-refractivity contribution in [1.29, 1.82) is 0 Å². The fraction of sp³-hybridized carbons (Fsp3) is 0.867. The summed E-state index contributed by atoms with van der Waals surface area (Å²) in [5, 5.41) is 0. The molecule has 2 aliphatic heterocycles. The molecule has 2 unspecified atom stereocenters. The van der Waals surface area contributed by atoms with Crippen LogP contribution in [0.1, 0.15) is 33.1 Å². The van der Waals surface area contributed by atoms with E-state index in [1.807, 2.05) is 0 Å². The molecule has 0 radical (unpaired) electrons. The largest absolute Gasteiger partial charge is 0.465 e. The van der Waals surface area contributed by atoms with Crippen LogP contribution in [0.3, 0.4) is 0 Å². The second kappa shape index (κ2) is 7.22. The first kappa shape index (κ1) is 16.2. The Morgan fingerprint density at radius 3 is 2.38 bits per heavy atom. The van der Waals surface area contributed by atoms with Crippen LogP contribution in [-0.4, -0.2) is 50.6 Å². The lowest BCUT2D eigenvalue weighted by molar-refractivity contribution is -0.170. The van der Waals surface area contributed by atoms with Gasteiger partial charge in [-0.15, -0.1) is 0 Å². The molecule has 2 saturated heterocycles. The van der Waals surface area contributed by atoms with E-state index in [0.29, 0.717) is 32.7 Å². The van der Waals surface area contributed by atoms with Crippen LogP contribution in [0.25, 0.3) is 0 Å². The van der Waals surface area contributed by atoms with Gasteiger partial charge in [-0.3, -0.25) is 9.59 Å². The van der Waals surface area contributed by atoms with Crippen molar-refractivity contribution in [1.82, 2.24) is 0 Å². The smallest absolute Gasteiger partial charge is 0.320 e. The highest BCUT2D eigenvalue weighted by Gasteiger charge is 2.47. The van der Waals surface area contributed by atoms with Crippen LogP contribution in [-0.2, 0) is 28.5 Å². The zero-order valence-corrected chi connectivity index (χ0v) is 12.8. The fourth-order valence-corrected chi connectivity index (χ4v) is 3.16. The Bertz CT molecular complexity index is 356. The number of ether oxygens (including phenoxy) is 4. The SMILES string of the molecule is CCOC(=O)C(C(=O)OCC)C1CCOC2(CCOC2)C1. The molecular weight excluding hydrogens is 276 g/mol. The second-order valence-electron chi connectivity index (χ2n) is 5.57. The van der Waals surface area contributed by atoms with Gasteiger partial charge in [0.1, 0.15) is 0 Å². The molecule has 0 aliphatic carbocycles. The minimum absolute atomic E-state index is 0.112. The van der Waals surface area contributed by atoms with Gasteiger partial charge >= 0.3 is 11.9 Å². The summed E-state index contributed by atoms with van der Waals surface area (Å²) in [5.74, 6) is -1.95. The average Bonchev–Trinajstić information content (AvgIpc) is 2.87. The summed E-state index contributed by atoms with van der Waals surface area (Å²) in [6, 6.07) is 0. The van der Waals surface area contributed by atoms with E-state index in [1.54, 1.807) is 13.8 Å². The molecule has 0 aromatic carbocycles. The van der Waals surface area contributed by atoms with Gasteiger partial charge in [0.05, 0.1) is 25.4 Å². The number of hydrogen-bond donors (Lipinski definition) is 0. The molecule has 2 atom stereocenters. The monoisotopic (exact) mass is 300 g/mol. The molecule has 0 aromatic heterocycles. The number of esters is 2. The van der Waals surface area contributed by atoms with Crippen LogP contribution in [0.15, 0.2) is 0 Å². The Morgan fingerprint density at radius 1 is 1.19 bits per heavy atom. The average molecular weight is 300 g/mol. The summed E-state index contributed by atoms with van der Waals surface area (Å²) in [5.41, 5.74) is -0.347. The summed E-state index contributed by atoms with van der Waals surface area (Å²) in [6.45, 7) is 5.70. The van der Waals surface area contributed by atoms with Crippen LogP contribution in [0.5, 0.6) is 0 Å². The van der Waals surface area contributed by atoms with Gasteiger partial charge < -0.3 is 18.9 Å². The lowest BCUT2D eigenvalue weighted by Gasteiger charge is -2.38. The number of carbonyl (C=O) groups excluding carboxylic acids is 2. The minimum Gasteiger partial charge on any atom is -0.465 e. The zero-order chi connectivity index (χ0) is 15.3. The fourth-order valence-electron chi connectivity index (χ4n) is 3.16. The maximum atomic E-state index is 12.2. The number of rotatable bonds is 5. The van der Waals surface area contributed by atoms with E-state index >= 15 is 0 Å². The quantitative estimate of drug-likeness (QED) is 0.563. The van der Waals surface area contributed by atoms with Gasteiger partial charge in [-0.05, 0) is 32.6 Å². The van der Waals surface area contributed by atoms with E-state index in [1.165, 1.54) is 0 Å². The summed E-state index contributed by atoms with van der Waals surface area (Å²) in [7, 11) is 0. The third-order valence-electron chi connectivity index (χ3n) is 4.15. The predicted octanol–water partition coefficient (Wildman–Crippen LogP) is 1.31. The van der Waals surface area contributed by atoms with Crippen molar-refractivity contribution in [2.45, 2.75) is 38.7 Å². The molecule has 6 heteroatoms. The van der Waals surface area contributed by atoms with Crippen molar-refractivity contribution >= 4 is 11.9 Å². The normalized spacial score (nSPS) is 28.8. The summed E-state index contributed by atoms with van der Waals surface area (Å²) in [6.07, 6.45) is 2.10. The molecule has 0 bridgehead atoms. The molecule has 0 amide bonds. The van der Waals surface area contributed by atoms with Gasteiger partial charge in [0, 0.05) is 19.6 Å². The first-order valence-corrected chi connectivity index (χ1v) is 7.67. The first-order valence-electron chi connectivity index (χ1n) is 7.67.